The molecule has 1 saturated carbocycles. The van der Waals surface area contributed by atoms with Gasteiger partial charge in [0.15, 0.2) is 0 Å². The first-order valence-electron chi connectivity index (χ1n) is 10.9. The topological polar surface area (TPSA) is 87.7 Å². The van der Waals surface area contributed by atoms with Gasteiger partial charge in [0.1, 0.15) is 17.1 Å². The summed E-state index contributed by atoms with van der Waals surface area (Å²) in [6.07, 6.45) is 0.743. The third-order valence-corrected chi connectivity index (χ3v) is 7.96. The van der Waals surface area contributed by atoms with Crippen LogP contribution in [0, 0.1) is 11.7 Å². The number of carbonyl (C=O) groups is 3. The molecule has 2 aromatic rings. The number of methoxy groups -OCH3 is 1. The maximum Gasteiger partial charge on any atom is 0.255 e. The zero-order valence-corrected chi connectivity index (χ0v) is 18.5. The first-order chi connectivity index (χ1) is 15.8. The van der Waals surface area contributed by atoms with Crippen molar-refractivity contribution in [2.24, 2.45) is 5.92 Å². The van der Waals surface area contributed by atoms with Gasteiger partial charge in [-0.05, 0) is 48.2 Å². The molecule has 7 nitrogen and oxygen atoms in total. The molecule has 4 aliphatic heterocycles. The molecule has 1 aliphatic carbocycles. The maximum atomic E-state index is 13.5. The van der Waals surface area contributed by atoms with E-state index in [1.54, 1.807) is 18.1 Å². The van der Waals surface area contributed by atoms with Gasteiger partial charge in [0.2, 0.25) is 5.91 Å². The van der Waals surface area contributed by atoms with Gasteiger partial charge in [-0.2, -0.15) is 0 Å². The van der Waals surface area contributed by atoms with Gasteiger partial charge in [0, 0.05) is 47.1 Å². The number of ether oxygens (including phenoxy) is 1. The minimum atomic E-state index is -0.957. The number of benzene rings is 2. The van der Waals surface area contributed by atoms with Gasteiger partial charge in [0.05, 0.1) is 7.11 Å². The van der Waals surface area contributed by atoms with Crippen LogP contribution in [0.1, 0.15) is 51.8 Å². The van der Waals surface area contributed by atoms with E-state index in [0.29, 0.717) is 42.3 Å². The second-order valence-corrected chi connectivity index (χ2v) is 9.66. The molecule has 7 rings (SSSR count). The zero-order chi connectivity index (χ0) is 23.1. The molecule has 4 fully saturated rings. The Kier molecular flexibility index (Phi) is 4.38. The van der Waals surface area contributed by atoms with E-state index in [9.17, 15) is 18.8 Å². The summed E-state index contributed by atoms with van der Waals surface area (Å²) >= 11 is 6.31. The molecule has 2 atom stereocenters. The Hall–Kier alpha value is -2.97. The highest BCUT2D eigenvalue weighted by atomic mass is 35.5. The van der Waals surface area contributed by atoms with Gasteiger partial charge >= 0.3 is 0 Å². The lowest BCUT2D eigenvalue weighted by Crippen LogP contribution is -2.73. The lowest BCUT2D eigenvalue weighted by Gasteiger charge is -2.53. The Morgan fingerprint density at radius 1 is 1.15 bits per heavy atom. The Balaban J connectivity index is 1.33. The predicted molar refractivity (Wildman–Crippen MR) is 116 cm³/mol. The number of nitrogens with zero attached hydrogens (tertiary/aromatic N) is 1. The highest BCUT2D eigenvalue weighted by molar-refractivity contribution is 6.31. The van der Waals surface area contributed by atoms with Crippen LogP contribution in [0.3, 0.4) is 0 Å². The number of piperidine rings is 2. The van der Waals surface area contributed by atoms with E-state index in [-0.39, 0.29) is 35.5 Å². The summed E-state index contributed by atoms with van der Waals surface area (Å²) in [6.45, 7) is 0.958. The molecular weight excluding hydrogens is 449 g/mol. The van der Waals surface area contributed by atoms with E-state index in [1.807, 2.05) is 12.1 Å². The highest BCUT2D eigenvalue weighted by Crippen LogP contribution is 2.50. The third kappa shape index (κ3) is 2.80. The van der Waals surface area contributed by atoms with Gasteiger partial charge in [-0.15, -0.1) is 0 Å². The minimum Gasteiger partial charge on any atom is -0.496 e. The fourth-order valence-electron chi connectivity index (χ4n) is 5.69. The summed E-state index contributed by atoms with van der Waals surface area (Å²) in [7, 11) is 1.58. The zero-order valence-electron chi connectivity index (χ0n) is 17.8. The molecule has 0 spiro atoms. The Morgan fingerprint density at radius 2 is 1.94 bits per heavy atom. The van der Waals surface area contributed by atoms with Crippen LogP contribution in [0.15, 0.2) is 30.3 Å². The largest absolute Gasteiger partial charge is 0.496 e. The molecule has 3 saturated heterocycles. The molecule has 0 aromatic heterocycles. The van der Waals surface area contributed by atoms with Crippen molar-refractivity contribution in [3.63, 3.8) is 0 Å². The van der Waals surface area contributed by atoms with E-state index in [4.69, 9.17) is 16.3 Å². The normalized spacial score (nSPS) is 29.8. The number of hydrogen-bond donors (Lipinski definition) is 2. The fraction of sp³-hybridized carbons (Fsp3) is 0.375. The van der Waals surface area contributed by atoms with Crippen LogP contribution >= 0.6 is 11.6 Å². The van der Waals surface area contributed by atoms with Crippen molar-refractivity contribution in [2.75, 3.05) is 13.7 Å². The molecule has 3 amide bonds. The van der Waals surface area contributed by atoms with E-state index >= 15 is 0 Å². The molecule has 4 heterocycles. The van der Waals surface area contributed by atoms with Crippen LogP contribution < -0.4 is 15.4 Å². The van der Waals surface area contributed by atoms with Gasteiger partial charge in [-0.25, -0.2) is 4.39 Å². The van der Waals surface area contributed by atoms with Gasteiger partial charge in [-0.3, -0.25) is 19.7 Å². The SMILES string of the molecule is COc1cc2c(cc1C1NCC1c1ccc(F)cc1Cl)C(=O)N(C13CC(C1)C(=O)NC3=O)C2. The molecule has 0 radical (unpaired) electrons. The minimum absolute atomic E-state index is 0.00113. The number of imide groups is 1. The third-order valence-electron chi connectivity index (χ3n) is 7.63. The Bertz CT molecular complexity index is 1240. The smallest absolute Gasteiger partial charge is 0.255 e. The van der Waals surface area contributed by atoms with Crippen molar-refractivity contribution < 1.29 is 23.5 Å². The van der Waals surface area contributed by atoms with Crippen molar-refractivity contribution in [2.45, 2.75) is 36.9 Å². The number of amides is 3. The van der Waals surface area contributed by atoms with E-state index < -0.39 is 11.4 Å². The molecule has 2 N–H and O–H groups in total. The molecular formula is C24H21ClFN3O4. The first kappa shape index (κ1) is 20.6. The van der Waals surface area contributed by atoms with Gasteiger partial charge in [0.25, 0.3) is 11.8 Å². The van der Waals surface area contributed by atoms with E-state index in [2.05, 4.69) is 10.6 Å². The molecule has 2 aromatic carbocycles. The first-order valence-corrected chi connectivity index (χ1v) is 11.3. The fourth-order valence-corrected chi connectivity index (χ4v) is 6.00. The number of rotatable bonds is 4. The molecule has 5 aliphatic rings. The quantitative estimate of drug-likeness (QED) is 0.672. The summed E-state index contributed by atoms with van der Waals surface area (Å²) in [5.74, 6) is -0.835. The van der Waals surface area contributed by atoms with Crippen LogP contribution in [0.2, 0.25) is 5.02 Å². The summed E-state index contributed by atoms with van der Waals surface area (Å²) in [5, 5.41) is 6.14. The number of halogens is 2. The summed E-state index contributed by atoms with van der Waals surface area (Å²) in [6, 6.07) is 7.91. The number of nitrogens with one attached hydrogen (secondary N) is 2. The van der Waals surface area contributed by atoms with E-state index in [0.717, 1.165) is 16.7 Å². The molecule has 170 valence electrons. The van der Waals surface area contributed by atoms with Crippen LogP contribution in [0.25, 0.3) is 0 Å². The van der Waals surface area contributed by atoms with Crippen molar-refractivity contribution in [3.8, 4) is 5.75 Å². The van der Waals surface area contributed by atoms with Crippen LogP contribution in [0.5, 0.6) is 5.75 Å². The molecule has 2 bridgehead atoms. The van der Waals surface area contributed by atoms with Crippen molar-refractivity contribution in [1.29, 1.82) is 0 Å². The summed E-state index contributed by atoms with van der Waals surface area (Å²) < 4.78 is 19.2. The number of hydrogen-bond acceptors (Lipinski definition) is 5. The van der Waals surface area contributed by atoms with Gasteiger partial charge < -0.3 is 15.0 Å². The summed E-state index contributed by atoms with van der Waals surface area (Å²) in [4.78, 5) is 39.5. The Morgan fingerprint density at radius 3 is 2.58 bits per heavy atom. The van der Waals surface area contributed by atoms with E-state index in [1.165, 1.54) is 12.1 Å². The van der Waals surface area contributed by atoms with Crippen LogP contribution in [-0.4, -0.2) is 41.8 Å². The average molecular weight is 470 g/mol. The van der Waals surface area contributed by atoms with Gasteiger partial charge in [-0.1, -0.05) is 17.7 Å². The molecule has 9 heteroatoms. The lowest BCUT2D eigenvalue weighted by molar-refractivity contribution is -0.160. The lowest BCUT2D eigenvalue weighted by atomic mass is 9.63. The Labute approximate surface area is 194 Å². The average Bonchev–Trinajstić information content (AvgIpc) is 3.03. The second kappa shape index (κ2) is 7.01. The molecule has 2 unspecified atom stereocenters. The van der Waals surface area contributed by atoms with Crippen molar-refractivity contribution in [1.82, 2.24) is 15.5 Å². The van der Waals surface area contributed by atoms with Crippen LogP contribution in [0.4, 0.5) is 4.39 Å². The number of carbonyl (C=O) groups excluding carboxylic acids is 3. The standard InChI is InChI=1S/C24H21ClFN3O4/c1-33-19-4-11-10-29(24-7-12(8-24)21(30)28-23(24)32)22(31)15(11)6-16(19)20-17(9-27-20)14-3-2-13(26)5-18(14)25/h2-6,12,17,20,27H,7-10H2,1H3,(H,28,30,32). The summed E-state index contributed by atoms with van der Waals surface area (Å²) in [5.41, 5.74) is 2.02. The maximum absolute atomic E-state index is 13.5. The monoisotopic (exact) mass is 469 g/mol. The van der Waals surface area contributed by atoms with Crippen molar-refractivity contribution in [3.05, 3.63) is 63.4 Å². The number of fused-ring (bicyclic) bond motifs is 3. The van der Waals surface area contributed by atoms with Crippen molar-refractivity contribution >= 4 is 29.3 Å². The van der Waals surface area contributed by atoms with Crippen LogP contribution in [-0.2, 0) is 16.1 Å². The predicted octanol–water partition coefficient (Wildman–Crippen LogP) is 2.68. The second-order valence-electron chi connectivity index (χ2n) is 9.26. The molecule has 33 heavy (non-hydrogen) atoms. The highest BCUT2D eigenvalue weighted by Gasteiger charge is 2.63.